The van der Waals surface area contributed by atoms with E-state index in [-0.39, 0.29) is 10.5 Å². The number of hydrogen-bond acceptors (Lipinski definition) is 7. The normalized spacial score (nSPS) is 15.8. The second kappa shape index (κ2) is 9.69. The number of nitro groups is 1. The van der Waals surface area contributed by atoms with Gasteiger partial charge in [-0.2, -0.15) is 4.99 Å². The molecule has 0 spiro atoms. The SMILES string of the molecule is CCn1c(=NC(=O)CS(=O)(=O)CC(=O)N2CCCCCC2)sc2cc([N+](=O)[O-])ccc21. The van der Waals surface area contributed by atoms with E-state index in [4.69, 9.17) is 0 Å². The molecule has 10 nitrogen and oxygen atoms in total. The van der Waals surface area contributed by atoms with Crippen LogP contribution in [0.1, 0.15) is 32.6 Å². The van der Waals surface area contributed by atoms with Gasteiger partial charge in [0.2, 0.25) is 5.91 Å². The summed E-state index contributed by atoms with van der Waals surface area (Å²) in [6.07, 6.45) is 3.73. The third kappa shape index (κ3) is 5.76. The van der Waals surface area contributed by atoms with Crippen LogP contribution in [0.5, 0.6) is 0 Å². The molecule has 2 amide bonds. The fraction of sp³-hybridized carbons (Fsp3) is 0.526. The molecule has 0 N–H and O–H groups in total. The molecule has 0 unspecified atom stereocenters. The standard InChI is InChI=1S/C19H24N4O6S2/c1-2-22-15-8-7-14(23(26)27)11-16(15)30-19(22)20-17(24)12-31(28,29)13-18(25)21-9-5-3-4-6-10-21/h7-8,11H,2-6,9-10,12-13H2,1H3. The van der Waals surface area contributed by atoms with Gasteiger partial charge in [0.05, 0.1) is 15.1 Å². The lowest BCUT2D eigenvalue weighted by Crippen LogP contribution is -2.37. The van der Waals surface area contributed by atoms with E-state index < -0.39 is 38.1 Å². The molecule has 2 heterocycles. The Morgan fingerprint density at radius 3 is 2.45 bits per heavy atom. The quantitative estimate of drug-likeness (QED) is 0.470. The van der Waals surface area contributed by atoms with E-state index in [2.05, 4.69) is 4.99 Å². The molecular formula is C19H24N4O6S2. The Morgan fingerprint density at radius 2 is 1.84 bits per heavy atom. The van der Waals surface area contributed by atoms with Gasteiger partial charge in [0.1, 0.15) is 11.5 Å². The van der Waals surface area contributed by atoms with E-state index in [1.54, 1.807) is 15.5 Å². The van der Waals surface area contributed by atoms with E-state index in [0.29, 0.717) is 29.9 Å². The molecule has 168 valence electrons. The molecule has 2 aromatic rings. The average Bonchev–Trinajstić information content (AvgIpc) is 2.85. The highest BCUT2D eigenvalue weighted by Gasteiger charge is 2.25. The van der Waals surface area contributed by atoms with Crippen LogP contribution in [0.25, 0.3) is 10.2 Å². The molecule has 1 aromatic heterocycles. The topological polar surface area (TPSA) is 132 Å². The summed E-state index contributed by atoms with van der Waals surface area (Å²) < 4.78 is 27.1. The number of amides is 2. The second-order valence-electron chi connectivity index (χ2n) is 7.37. The van der Waals surface area contributed by atoms with Crippen molar-refractivity contribution in [1.82, 2.24) is 9.47 Å². The summed E-state index contributed by atoms with van der Waals surface area (Å²) in [6.45, 7) is 3.35. The number of rotatable bonds is 6. The first-order chi connectivity index (χ1) is 14.7. The number of benzene rings is 1. The maximum Gasteiger partial charge on any atom is 0.270 e. The minimum atomic E-state index is -3.96. The van der Waals surface area contributed by atoms with Gasteiger partial charge < -0.3 is 9.47 Å². The Bertz CT molecular complexity index is 1170. The molecule has 1 aromatic carbocycles. The van der Waals surface area contributed by atoms with Gasteiger partial charge in [-0.1, -0.05) is 24.2 Å². The number of non-ortho nitro benzene ring substituents is 1. The lowest BCUT2D eigenvalue weighted by molar-refractivity contribution is -0.384. The van der Waals surface area contributed by atoms with Crippen molar-refractivity contribution in [2.75, 3.05) is 24.6 Å². The van der Waals surface area contributed by atoms with Gasteiger partial charge in [0, 0.05) is 31.8 Å². The third-order valence-corrected chi connectivity index (χ3v) is 7.47. The summed E-state index contributed by atoms with van der Waals surface area (Å²) in [4.78, 5) is 41.0. The third-order valence-electron chi connectivity index (χ3n) is 5.06. The van der Waals surface area contributed by atoms with Gasteiger partial charge in [-0.25, -0.2) is 8.42 Å². The Labute approximate surface area is 183 Å². The van der Waals surface area contributed by atoms with Crippen LogP contribution in [0.4, 0.5) is 5.69 Å². The molecule has 0 aliphatic carbocycles. The molecule has 3 rings (SSSR count). The molecule has 1 aliphatic heterocycles. The summed E-state index contributed by atoms with van der Waals surface area (Å²) in [7, 11) is -3.96. The van der Waals surface area contributed by atoms with Crippen LogP contribution in [0.2, 0.25) is 0 Å². The van der Waals surface area contributed by atoms with Crippen molar-refractivity contribution in [3.63, 3.8) is 0 Å². The smallest absolute Gasteiger partial charge is 0.270 e. The molecule has 0 bridgehead atoms. The van der Waals surface area contributed by atoms with Crippen LogP contribution in [0.3, 0.4) is 0 Å². The van der Waals surface area contributed by atoms with Crippen LogP contribution in [0, 0.1) is 10.1 Å². The number of aromatic nitrogens is 1. The van der Waals surface area contributed by atoms with Crippen LogP contribution in [-0.2, 0) is 26.0 Å². The second-order valence-corrected chi connectivity index (χ2v) is 10.4. The summed E-state index contributed by atoms with van der Waals surface area (Å²) in [6, 6.07) is 4.34. The predicted octanol–water partition coefficient (Wildman–Crippen LogP) is 1.88. The molecule has 0 atom stereocenters. The zero-order chi connectivity index (χ0) is 22.6. The van der Waals surface area contributed by atoms with Crippen molar-refractivity contribution in [3.8, 4) is 0 Å². The number of fused-ring (bicyclic) bond motifs is 1. The number of nitro benzene ring substituents is 1. The van der Waals surface area contributed by atoms with Crippen molar-refractivity contribution in [3.05, 3.63) is 33.1 Å². The van der Waals surface area contributed by atoms with Gasteiger partial charge in [-0.05, 0) is 25.8 Å². The van der Waals surface area contributed by atoms with Crippen LogP contribution >= 0.6 is 11.3 Å². The Hall–Kier alpha value is -2.60. The molecule has 1 saturated heterocycles. The molecule has 0 saturated carbocycles. The Balaban J connectivity index is 1.78. The minimum absolute atomic E-state index is 0.0792. The molecule has 0 radical (unpaired) electrons. The van der Waals surface area contributed by atoms with Crippen LogP contribution in [-0.4, -0.2) is 59.2 Å². The van der Waals surface area contributed by atoms with E-state index >= 15 is 0 Å². The lowest BCUT2D eigenvalue weighted by Gasteiger charge is -2.19. The van der Waals surface area contributed by atoms with Gasteiger partial charge in [-0.15, -0.1) is 0 Å². The first-order valence-electron chi connectivity index (χ1n) is 10.0. The number of likely N-dealkylation sites (tertiary alicyclic amines) is 1. The fourth-order valence-corrected chi connectivity index (χ4v) is 5.79. The molecular weight excluding hydrogens is 444 g/mol. The van der Waals surface area contributed by atoms with Crippen molar-refractivity contribution < 1.29 is 22.9 Å². The van der Waals surface area contributed by atoms with Gasteiger partial charge >= 0.3 is 0 Å². The monoisotopic (exact) mass is 468 g/mol. The van der Waals surface area contributed by atoms with E-state index in [1.165, 1.54) is 12.1 Å². The number of hydrogen-bond donors (Lipinski definition) is 0. The average molecular weight is 469 g/mol. The molecule has 1 aliphatic rings. The van der Waals surface area contributed by atoms with Crippen LogP contribution in [0.15, 0.2) is 23.2 Å². The molecule has 1 fully saturated rings. The predicted molar refractivity (Wildman–Crippen MR) is 116 cm³/mol. The van der Waals surface area contributed by atoms with Crippen LogP contribution < -0.4 is 4.80 Å². The zero-order valence-electron chi connectivity index (χ0n) is 17.2. The van der Waals surface area contributed by atoms with Crippen molar-refractivity contribution in [2.45, 2.75) is 39.2 Å². The number of nitrogens with zero attached hydrogens (tertiary/aromatic N) is 4. The highest BCUT2D eigenvalue weighted by molar-refractivity contribution is 7.92. The number of carbonyl (C=O) groups excluding carboxylic acids is 2. The maximum absolute atomic E-state index is 12.4. The van der Waals surface area contributed by atoms with Crippen molar-refractivity contribution in [2.24, 2.45) is 4.99 Å². The van der Waals surface area contributed by atoms with Crippen molar-refractivity contribution in [1.29, 1.82) is 0 Å². The number of thiazole rings is 1. The molecule has 12 heteroatoms. The van der Waals surface area contributed by atoms with E-state index in [1.807, 2.05) is 6.92 Å². The lowest BCUT2D eigenvalue weighted by atomic mass is 10.2. The minimum Gasteiger partial charge on any atom is -0.342 e. The highest BCUT2D eigenvalue weighted by atomic mass is 32.2. The highest BCUT2D eigenvalue weighted by Crippen LogP contribution is 2.23. The number of aryl methyl sites for hydroxylation is 1. The zero-order valence-corrected chi connectivity index (χ0v) is 18.8. The maximum atomic E-state index is 12.4. The first kappa shape index (κ1) is 23.1. The van der Waals surface area contributed by atoms with E-state index in [9.17, 15) is 28.1 Å². The van der Waals surface area contributed by atoms with Gasteiger partial charge in [-0.3, -0.25) is 19.7 Å². The summed E-state index contributed by atoms with van der Waals surface area (Å²) >= 11 is 1.07. The van der Waals surface area contributed by atoms with Gasteiger partial charge in [0.25, 0.3) is 11.6 Å². The molecule has 31 heavy (non-hydrogen) atoms. The van der Waals surface area contributed by atoms with E-state index in [0.717, 1.165) is 37.0 Å². The van der Waals surface area contributed by atoms with Crippen molar-refractivity contribution >= 4 is 48.9 Å². The number of sulfone groups is 1. The fourth-order valence-electron chi connectivity index (χ4n) is 3.54. The Kier molecular flexibility index (Phi) is 7.21. The van der Waals surface area contributed by atoms with Gasteiger partial charge in [0.15, 0.2) is 14.6 Å². The summed E-state index contributed by atoms with van der Waals surface area (Å²) in [5.41, 5.74) is 0.591. The summed E-state index contributed by atoms with van der Waals surface area (Å²) in [5, 5.41) is 11.0. The Morgan fingerprint density at radius 1 is 1.16 bits per heavy atom. The summed E-state index contributed by atoms with van der Waals surface area (Å²) in [5.74, 6) is -2.91. The first-order valence-corrected chi connectivity index (χ1v) is 12.7. The number of carbonyl (C=O) groups is 2. The largest absolute Gasteiger partial charge is 0.342 e.